The van der Waals surface area contributed by atoms with Gasteiger partial charge in [0.05, 0.1) is 5.41 Å². The normalized spacial score (nSPS) is 27.5. The first-order valence-electron chi connectivity index (χ1n) is 14.0. The lowest BCUT2D eigenvalue weighted by molar-refractivity contribution is -0.183. The molecule has 4 aliphatic rings. The Balaban J connectivity index is 1.50. The Hall–Kier alpha value is -2.61. The van der Waals surface area contributed by atoms with Crippen LogP contribution in [0.4, 0.5) is 0 Å². The third kappa shape index (κ3) is 5.96. The van der Waals surface area contributed by atoms with Crippen molar-refractivity contribution in [3.05, 3.63) is 34.9 Å². The highest BCUT2D eigenvalue weighted by atomic mass is 32.1. The SMILES string of the molecule is C/C(=C\C(=O)Oc1c(C(C)C)cc(S)cc1C(C)C)C(OC=O)C(C)OC(=O)C12CC3CC(C1)C(=O)C(C3)C2. The molecule has 4 saturated carbocycles. The molecule has 8 heteroatoms. The molecule has 0 radical (unpaired) electrons. The van der Waals surface area contributed by atoms with Crippen molar-refractivity contribution in [2.75, 3.05) is 0 Å². The predicted molar refractivity (Wildman–Crippen MR) is 149 cm³/mol. The van der Waals surface area contributed by atoms with Gasteiger partial charge in [0.25, 0.3) is 6.47 Å². The summed E-state index contributed by atoms with van der Waals surface area (Å²) in [6.45, 7) is 11.7. The van der Waals surface area contributed by atoms with Gasteiger partial charge in [0, 0.05) is 22.8 Å². The molecular formula is C31H40O7S. The van der Waals surface area contributed by atoms with E-state index in [4.69, 9.17) is 14.2 Å². The summed E-state index contributed by atoms with van der Waals surface area (Å²) in [7, 11) is 0. The van der Waals surface area contributed by atoms with E-state index in [1.54, 1.807) is 13.8 Å². The van der Waals surface area contributed by atoms with Gasteiger partial charge in [-0.1, -0.05) is 27.7 Å². The van der Waals surface area contributed by atoms with Crippen LogP contribution in [0, 0.1) is 23.2 Å². The molecule has 212 valence electrons. The number of carbonyl (C=O) groups is 4. The second-order valence-corrected chi connectivity index (χ2v) is 12.9. The standard InChI is InChI=1S/C31H40O7S/c1-16(2)24-10-23(39)11-25(17(3)4)29(24)38-26(33)7-18(5)28(36-15-32)19(6)37-30(35)31-12-20-8-21(13-31)27(34)22(9-20)14-31/h7,10-11,15-17,19-22,28,39H,8-9,12-14H2,1-6H3/b18-7+. The summed E-state index contributed by atoms with van der Waals surface area (Å²) in [5.74, 6) is 0.335. The summed E-state index contributed by atoms with van der Waals surface area (Å²) in [5, 5.41) is 0. The number of thiol groups is 1. The van der Waals surface area contributed by atoms with E-state index in [0.717, 1.165) is 35.3 Å². The van der Waals surface area contributed by atoms with Gasteiger partial charge < -0.3 is 14.2 Å². The number of ether oxygens (including phenoxy) is 3. The summed E-state index contributed by atoms with van der Waals surface area (Å²) in [6, 6.07) is 3.80. The van der Waals surface area contributed by atoms with Gasteiger partial charge in [0.1, 0.15) is 17.6 Å². The molecule has 4 atom stereocenters. The van der Waals surface area contributed by atoms with Crippen molar-refractivity contribution in [1.29, 1.82) is 0 Å². The van der Waals surface area contributed by atoms with E-state index in [0.29, 0.717) is 42.3 Å². The fourth-order valence-electron chi connectivity index (χ4n) is 7.03. The third-order valence-electron chi connectivity index (χ3n) is 8.72. The molecule has 0 N–H and O–H groups in total. The van der Waals surface area contributed by atoms with Crippen LogP contribution in [0.1, 0.15) is 96.6 Å². The van der Waals surface area contributed by atoms with Crippen molar-refractivity contribution in [2.24, 2.45) is 23.2 Å². The first-order chi connectivity index (χ1) is 18.3. The summed E-state index contributed by atoms with van der Waals surface area (Å²) in [4.78, 5) is 51.2. The average molecular weight is 557 g/mol. The molecule has 4 fully saturated rings. The van der Waals surface area contributed by atoms with Crippen LogP contribution in [0.2, 0.25) is 0 Å². The maximum absolute atomic E-state index is 13.4. The van der Waals surface area contributed by atoms with Gasteiger partial charge in [0.15, 0.2) is 6.10 Å². The molecule has 4 aliphatic carbocycles. The lowest BCUT2D eigenvalue weighted by Gasteiger charge is -2.54. The number of esters is 2. The van der Waals surface area contributed by atoms with Crippen LogP contribution < -0.4 is 4.74 Å². The number of benzene rings is 1. The molecule has 4 bridgehead atoms. The fourth-order valence-corrected chi connectivity index (χ4v) is 7.31. The second kappa shape index (κ2) is 11.5. The van der Waals surface area contributed by atoms with Crippen molar-refractivity contribution < 1.29 is 33.4 Å². The molecule has 39 heavy (non-hydrogen) atoms. The van der Waals surface area contributed by atoms with Crippen molar-refractivity contribution in [3.63, 3.8) is 0 Å². The lowest BCUT2D eigenvalue weighted by atomic mass is 9.49. The van der Waals surface area contributed by atoms with Gasteiger partial charge in [-0.05, 0) is 92.5 Å². The largest absolute Gasteiger partial charge is 0.458 e. The van der Waals surface area contributed by atoms with Gasteiger partial charge in [-0.3, -0.25) is 14.4 Å². The highest BCUT2D eigenvalue weighted by Crippen LogP contribution is 2.59. The highest BCUT2D eigenvalue weighted by molar-refractivity contribution is 7.80. The average Bonchev–Trinajstić information content (AvgIpc) is 2.85. The molecule has 7 nitrogen and oxygen atoms in total. The van der Waals surface area contributed by atoms with E-state index in [1.807, 2.05) is 39.8 Å². The summed E-state index contributed by atoms with van der Waals surface area (Å²) >= 11 is 4.52. The maximum atomic E-state index is 13.4. The Morgan fingerprint density at radius 2 is 1.56 bits per heavy atom. The van der Waals surface area contributed by atoms with Gasteiger partial charge in [-0.25, -0.2) is 4.79 Å². The molecule has 0 spiro atoms. The van der Waals surface area contributed by atoms with Crippen molar-refractivity contribution >= 4 is 36.8 Å². The van der Waals surface area contributed by atoms with Gasteiger partial charge in [0.2, 0.25) is 0 Å². The van der Waals surface area contributed by atoms with E-state index < -0.39 is 23.6 Å². The van der Waals surface area contributed by atoms with Crippen molar-refractivity contribution in [3.8, 4) is 5.75 Å². The fraction of sp³-hybridized carbons (Fsp3) is 0.613. The summed E-state index contributed by atoms with van der Waals surface area (Å²) < 4.78 is 17.0. The van der Waals surface area contributed by atoms with E-state index in [-0.39, 0.29) is 29.6 Å². The van der Waals surface area contributed by atoms with Crippen LogP contribution in [0.5, 0.6) is 5.75 Å². The Morgan fingerprint density at radius 1 is 1.00 bits per heavy atom. The van der Waals surface area contributed by atoms with Crippen LogP contribution >= 0.6 is 12.6 Å². The molecule has 4 unspecified atom stereocenters. The topological polar surface area (TPSA) is 96.0 Å². The van der Waals surface area contributed by atoms with E-state index >= 15 is 0 Å². The Kier molecular flexibility index (Phi) is 8.64. The quantitative estimate of drug-likeness (QED) is 0.125. The minimum absolute atomic E-state index is 0.0550. The Bertz CT molecular complexity index is 1140. The number of hydrogen-bond acceptors (Lipinski definition) is 8. The molecule has 5 rings (SSSR count). The predicted octanol–water partition coefficient (Wildman–Crippen LogP) is 5.94. The minimum atomic E-state index is -0.955. The molecule has 0 amide bonds. The molecule has 1 aromatic carbocycles. The highest BCUT2D eigenvalue weighted by Gasteiger charge is 2.59. The number of Topliss-reactive ketones (excluding diaryl/α,β-unsaturated/α-hetero) is 1. The van der Waals surface area contributed by atoms with E-state index in [9.17, 15) is 19.2 Å². The van der Waals surface area contributed by atoms with Crippen molar-refractivity contribution in [1.82, 2.24) is 0 Å². The van der Waals surface area contributed by atoms with Crippen LogP contribution in [0.3, 0.4) is 0 Å². The maximum Gasteiger partial charge on any atom is 0.336 e. The van der Waals surface area contributed by atoms with Crippen LogP contribution in [-0.2, 0) is 28.7 Å². The van der Waals surface area contributed by atoms with E-state index in [2.05, 4.69) is 12.6 Å². The van der Waals surface area contributed by atoms with Crippen LogP contribution in [0.25, 0.3) is 0 Å². The first-order valence-corrected chi connectivity index (χ1v) is 14.4. The lowest BCUT2D eigenvalue weighted by Crippen LogP contribution is -2.55. The zero-order valence-corrected chi connectivity index (χ0v) is 24.6. The van der Waals surface area contributed by atoms with Gasteiger partial charge >= 0.3 is 11.9 Å². The molecule has 0 heterocycles. The molecule has 0 aromatic heterocycles. The van der Waals surface area contributed by atoms with Gasteiger partial charge in [-0.2, -0.15) is 0 Å². The number of rotatable bonds is 10. The Labute approximate surface area is 236 Å². The van der Waals surface area contributed by atoms with Crippen molar-refractivity contribution in [2.45, 2.75) is 103 Å². The van der Waals surface area contributed by atoms with E-state index in [1.165, 1.54) is 6.08 Å². The molecule has 0 saturated heterocycles. The molecular weight excluding hydrogens is 516 g/mol. The van der Waals surface area contributed by atoms with Crippen LogP contribution in [-0.4, -0.2) is 36.4 Å². The monoisotopic (exact) mass is 556 g/mol. The van der Waals surface area contributed by atoms with Gasteiger partial charge in [-0.15, -0.1) is 12.6 Å². The van der Waals surface area contributed by atoms with Crippen LogP contribution in [0.15, 0.2) is 28.7 Å². The minimum Gasteiger partial charge on any atom is -0.458 e. The summed E-state index contributed by atoms with van der Waals surface area (Å²) in [5.41, 5.74) is 1.50. The third-order valence-corrected chi connectivity index (χ3v) is 8.98. The summed E-state index contributed by atoms with van der Waals surface area (Å²) in [6.07, 6.45) is 3.05. The molecule has 1 aromatic rings. The zero-order valence-electron chi connectivity index (χ0n) is 23.7. The number of carbonyl (C=O) groups excluding carboxylic acids is 4. The first kappa shape index (κ1) is 29.4. The molecule has 0 aliphatic heterocycles. The Morgan fingerprint density at radius 3 is 2.08 bits per heavy atom. The number of ketones is 1. The zero-order chi connectivity index (χ0) is 28.6. The number of hydrogen-bond donors (Lipinski definition) is 1. The second-order valence-electron chi connectivity index (χ2n) is 12.4. The smallest absolute Gasteiger partial charge is 0.336 e.